The first-order valence-electron chi connectivity index (χ1n) is 11.5. The lowest BCUT2D eigenvalue weighted by molar-refractivity contribution is -0.119. The maximum atomic E-state index is 12.4. The number of rotatable bonds is 10. The minimum Gasteiger partial charge on any atom is -0.497 e. The Morgan fingerprint density at radius 2 is 1.63 bits per heavy atom. The number of carbonyl (C=O) groups excluding carboxylic acids is 2. The molecule has 4 aromatic rings. The molecule has 8 nitrogen and oxygen atoms in total. The Hall–Kier alpha value is -4.20. The first kappa shape index (κ1) is 23.9. The van der Waals surface area contributed by atoms with Crippen LogP contribution in [-0.4, -0.2) is 49.1 Å². The lowest BCUT2D eigenvalue weighted by atomic mass is 10.1. The monoisotopic (exact) mass is 474 g/mol. The highest BCUT2D eigenvalue weighted by atomic mass is 16.5. The van der Waals surface area contributed by atoms with Crippen LogP contribution in [-0.2, 0) is 22.4 Å². The summed E-state index contributed by atoms with van der Waals surface area (Å²) in [5, 5.41) is 7.84. The molecular formula is C27H30N4O4. The number of methoxy groups -OCH3 is 2. The number of fused-ring (bicyclic) bond motifs is 2. The number of aromatic amines is 2. The minimum absolute atomic E-state index is 0.262. The van der Waals surface area contributed by atoms with Gasteiger partial charge in [-0.15, -0.1) is 0 Å². The molecule has 0 saturated carbocycles. The van der Waals surface area contributed by atoms with Crippen molar-refractivity contribution in [1.29, 1.82) is 0 Å². The van der Waals surface area contributed by atoms with E-state index in [2.05, 4.69) is 20.6 Å². The van der Waals surface area contributed by atoms with Crippen molar-refractivity contribution < 1.29 is 19.1 Å². The molecule has 0 aliphatic heterocycles. The summed E-state index contributed by atoms with van der Waals surface area (Å²) in [4.78, 5) is 31.2. The van der Waals surface area contributed by atoms with E-state index in [-0.39, 0.29) is 11.8 Å². The Balaban J connectivity index is 1.23. The predicted molar refractivity (Wildman–Crippen MR) is 137 cm³/mol. The number of carbonyl (C=O) groups is 2. The third-order valence-electron chi connectivity index (χ3n) is 5.94. The first-order chi connectivity index (χ1) is 17.0. The Morgan fingerprint density at radius 3 is 2.40 bits per heavy atom. The van der Waals surface area contributed by atoms with Gasteiger partial charge in [-0.25, -0.2) is 0 Å². The van der Waals surface area contributed by atoms with Crippen molar-refractivity contribution >= 4 is 33.6 Å². The van der Waals surface area contributed by atoms with Crippen LogP contribution in [0, 0.1) is 0 Å². The summed E-state index contributed by atoms with van der Waals surface area (Å²) in [5.74, 6) is 1.04. The lowest BCUT2D eigenvalue weighted by Crippen LogP contribution is -2.29. The van der Waals surface area contributed by atoms with E-state index in [0.717, 1.165) is 44.6 Å². The molecule has 0 fully saturated rings. The number of hydrogen-bond acceptors (Lipinski definition) is 4. The molecule has 0 aliphatic carbocycles. The molecule has 0 spiro atoms. The highest BCUT2D eigenvalue weighted by molar-refractivity contribution is 6.00. The summed E-state index contributed by atoms with van der Waals surface area (Å²) >= 11 is 0. The second-order valence-electron chi connectivity index (χ2n) is 8.35. The Labute approximate surface area is 203 Å². The van der Waals surface area contributed by atoms with Crippen molar-refractivity contribution in [3.8, 4) is 11.5 Å². The minimum atomic E-state index is -0.292. The van der Waals surface area contributed by atoms with Crippen LogP contribution in [0.2, 0.25) is 0 Å². The summed E-state index contributed by atoms with van der Waals surface area (Å²) in [7, 11) is 3.28. The van der Waals surface area contributed by atoms with Gasteiger partial charge in [0.05, 0.1) is 14.2 Å². The second kappa shape index (κ2) is 10.8. The standard InChI is InChI=1S/C27H30N4O4/c1-17(27(33)29-10-8-18-16-30-25-7-5-22(35-3)15-23(18)25)12-26(32)28-11-9-20-13-19-14-21(34-2)4-6-24(19)31-20/h4-7,12-16,30-31H,8-11H2,1-3H3,(H,28,32)(H,29,33). The van der Waals surface area contributed by atoms with E-state index in [1.54, 1.807) is 21.1 Å². The number of benzene rings is 2. The fourth-order valence-corrected chi connectivity index (χ4v) is 4.01. The summed E-state index contributed by atoms with van der Waals surface area (Å²) < 4.78 is 10.6. The van der Waals surface area contributed by atoms with Gasteiger partial charge in [0.2, 0.25) is 11.8 Å². The van der Waals surface area contributed by atoms with Gasteiger partial charge in [0, 0.05) is 64.9 Å². The molecule has 2 aromatic heterocycles. The third-order valence-corrected chi connectivity index (χ3v) is 5.94. The van der Waals surface area contributed by atoms with E-state index in [4.69, 9.17) is 9.47 Å². The molecule has 0 unspecified atom stereocenters. The molecule has 2 heterocycles. The molecule has 4 N–H and O–H groups in total. The number of nitrogens with one attached hydrogen (secondary N) is 4. The average molecular weight is 475 g/mol. The van der Waals surface area contributed by atoms with Crippen molar-refractivity contribution in [3.63, 3.8) is 0 Å². The Bertz CT molecular complexity index is 1380. The first-order valence-corrected chi connectivity index (χ1v) is 11.5. The molecule has 35 heavy (non-hydrogen) atoms. The van der Waals surface area contributed by atoms with Crippen molar-refractivity contribution in [2.75, 3.05) is 27.3 Å². The van der Waals surface area contributed by atoms with E-state index in [0.29, 0.717) is 31.5 Å². The van der Waals surface area contributed by atoms with Crippen LogP contribution in [0.5, 0.6) is 11.5 Å². The molecule has 8 heteroatoms. The van der Waals surface area contributed by atoms with Crippen LogP contribution in [0.25, 0.3) is 21.8 Å². The highest BCUT2D eigenvalue weighted by Crippen LogP contribution is 2.24. The smallest absolute Gasteiger partial charge is 0.247 e. The second-order valence-corrected chi connectivity index (χ2v) is 8.35. The maximum Gasteiger partial charge on any atom is 0.247 e. The number of ether oxygens (including phenoxy) is 2. The summed E-state index contributed by atoms with van der Waals surface area (Å²) in [6.45, 7) is 2.55. The molecule has 0 bridgehead atoms. The maximum absolute atomic E-state index is 12.4. The molecule has 0 aliphatic rings. The SMILES string of the molecule is COc1ccc2[nH]c(CCNC(=O)C=C(C)C(=O)NCCc3c[nH]c4ccc(OC)cc34)cc2c1. The Kier molecular flexibility index (Phi) is 7.40. The van der Waals surface area contributed by atoms with E-state index < -0.39 is 0 Å². The zero-order valence-electron chi connectivity index (χ0n) is 20.2. The van der Waals surface area contributed by atoms with Crippen LogP contribution in [0.3, 0.4) is 0 Å². The molecule has 0 atom stereocenters. The molecule has 182 valence electrons. The average Bonchev–Trinajstić information content (AvgIpc) is 3.46. The van der Waals surface area contributed by atoms with Gasteiger partial charge < -0.3 is 30.1 Å². The van der Waals surface area contributed by atoms with Gasteiger partial charge in [0.1, 0.15) is 11.5 Å². The molecule has 0 radical (unpaired) electrons. The van der Waals surface area contributed by atoms with E-state index in [9.17, 15) is 9.59 Å². The number of amides is 2. The number of aromatic nitrogens is 2. The van der Waals surface area contributed by atoms with Crippen molar-refractivity contribution in [2.24, 2.45) is 0 Å². The van der Waals surface area contributed by atoms with Crippen molar-refractivity contribution in [3.05, 3.63) is 71.6 Å². The van der Waals surface area contributed by atoms with Gasteiger partial charge in [-0.3, -0.25) is 9.59 Å². The van der Waals surface area contributed by atoms with Crippen LogP contribution >= 0.6 is 0 Å². The zero-order chi connectivity index (χ0) is 24.8. The van der Waals surface area contributed by atoms with E-state index in [1.165, 1.54) is 6.08 Å². The molecule has 4 rings (SSSR count). The van der Waals surface area contributed by atoms with Crippen LogP contribution in [0.1, 0.15) is 18.2 Å². The normalized spacial score (nSPS) is 11.6. The molecule has 2 aromatic carbocycles. The fourth-order valence-electron chi connectivity index (χ4n) is 4.01. The van der Waals surface area contributed by atoms with Crippen LogP contribution in [0.15, 0.2) is 60.3 Å². The van der Waals surface area contributed by atoms with Gasteiger partial charge in [-0.1, -0.05) is 0 Å². The quantitative estimate of drug-likeness (QED) is 0.263. The van der Waals surface area contributed by atoms with E-state index in [1.807, 2.05) is 48.7 Å². The zero-order valence-corrected chi connectivity index (χ0v) is 20.2. The molecule has 2 amide bonds. The Morgan fingerprint density at radius 1 is 0.914 bits per heavy atom. The summed E-state index contributed by atoms with van der Waals surface area (Å²) in [6, 6.07) is 13.7. The topological polar surface area (TPSA) is 108 Å². The van der Waals surface area contributed by atoms with E-state index >= 15 is 0 Å². The summed E-state index contributed by atoms with van der Waals surface area (Å²) in [6.07, 6.45) is 4.59. The van der Waals surface area contributed by atoms with Gasteiger partial charge in [-0.05, 0) is 61.4 Å². The van der Waals surface area contributed by atoms with Gasteiger partial charge in [0.15, 0.2) is 0 Å². The van der Waals surface area contributed by atoms with Gasteiger partial charge in [-0.2, -0.15) is 0 Å². The third kappa shape index (κ3) is 5.84. The van der Waals surface area contributed by atoms with Crippen LogP contribution in [0.4, 0.5) is 0 Å². The van der Waals surface area contributed by atoms with Gasteiger partial charge >= 0.3 is 0 Å². The van der Waals surface area contributed by atoms with Crippen LogP contribution < -0.4 is 20.1 Å². The number of hydrogen-bond donors (Lipinski definition) is 4. The largest absolute Gasteiger partial charge is 0.497 e. The van der Waals surface area contributed by atoms with Crippen molar-refractivity contribution in [1.82, 2.24) is 20.6 Å². The number of H-pyrrole nitrogens is 2. The lowest BCUT2D eigenvalue weighted by Gasteiger charge is -2.06. The molecular weight excluding hydrogens is 444 g/mol. The molecule has 0 saturated heterocycles. The summed E-state index contributed by atoms with van der Waals surface area (Å²) in [5.41, 5.74) is 4.51. The fraction of sp³-hybridized carbons (Fsp3) is 0.259. The van der Waals surface area contributed by atoms with Gasteiger partial charge in [0.25, 0.3) is 0 Å². The predicted octanol–water partition coefficient (Wildman–Crippen LogP) is 3.63. The van der Waals surface area contributed by atoms with Crippen molar-refractivity contribution in [2.45, 2.75) is 19.8 Å². The highest BCUT2D eigenvalue weighted by Gasteiger charge is 2.09.